The van der Waals surface area contributed by atoms with Crippen LogP contribution in [0, 0.1) is 0 Å². The lowest BCUT2D eigenvalue weighted by Gasteiger charge is -2.38. The fourth-order valence-corrected chi connectivity index (χ4v) is 3.12. The molecule has 6 nitrogen and oxygen atoms in total. The first-order valence-electron chi connectivity index (χ1n) is 7.95. The lowest BCUT2D eigenvalue weighted by Crippen LogP contribution is -2.57. The molecule has 1 saturated heterocycles. The number of hydrogen-bond acceptors (Lipinski definition) is 4. The fraction of sp³-hybridized carbons (Fsp3) is 0.278. The number of carbonyl (C=O) groups excluding carboxylic acids is 2. The number of rotatable bonds is 3. The number of ether oxygens (including phenoxy) is 1. The van der Waals surface area contributed by atoms with Crippen LogP contribution in [0.1, 0.15) is 12.5 Å². The van der Waals surface area contributed by atoms with Gasteiger partial charge in [0, 0.05) is 6.54 Å². The van der Waals surface area contributed by atoms with Crippen molar-refractivity contribution in [1.82, 2.24) is 9.88 Å². The molecule has 1 aromatic carbocycles. The molecule has 1 atom stereocenters. The van der Waals surface area contributed by atoms with Crippen molar-refractivity contribution in [3.8, 4) is 0 Å². The van der Waals surface area contributed by atoms with E-state index in [1.807, 2.05) is 43.3 Å². The standard InChI is InChI=1S/C18H18BrN3O3/c1-13-10-21(18(24)25-12-14-6-3-2-4-7-14)11-17(23)22(13)16-9-5-8-15(19)20-16/h2-9,13H,10-12H2,1H3/t13-/m1/s1. The zero-order valence-corrected chi connectivity index (χ0v) is 15.3. The molecule has 0 bridgehead atoms. The average molecular weight is 404 g/mol. The average Bonchev–Trinajstić information content (AvgIpc) is 2.60. The predicted molar refractivity (Wildman–Crippen MR) is 97.1 cm³/mol. The Bertz CT molecular complexity index is 769. The predicted octanol–water partition coefficient (Wildman–Crippen LogP) is 3.22. The van der Waals surface area contributed by atoms with Crippen molar-refractivity contribution in [3.05, 3.63) is 58.7 Å². The highest BCUT2D eigenvalue weighted by Gasteiger charge is 2.34. The molecule has 130 valence electrons. The molecule has 1 aliphatic rings. The van der Waals surface area contributed by atoms with E-state index < -0.39 is 6.09 Å². The number of nitrogens with zero attached hydrogens (tertiary/aromatic N) is 3. The van der Waals surface area contributed by atoms with Crippen LogP contribution in [-0.4, -0.2) is 41.0 Å². The Morgan fingerprint density at radius 2 is 2.00 bits per heavy atom. The van der Waals surface area contributed by atoms with E-state index in [1.54, 1.807) is 17.0 Å². The SMILES string of the molecule is C[C@@H]1CN(C(=O)OCc2ccccc2)CC(=O)N1c1cccc(Br)n1. The Labute approximate surface area is 154 Å². The van der Waals surface area contributed by atoms with Crippen LogP contribution in [0.2, 0.25) is 0 Å². The Hall–Kier alpha value is -2.41. The van der Waals surface area contributed by atoms with Gasteiger partial charge in [0.2, 0.25) is 5.91 Å². The third-order valence-corrected chi connectivity index (χ3v) is 4.37. The number of hydrogen-bond donors (Lipinski definition) is 0. The molecular formula is C18H18BrN3O3. The molecule has 25 heavy (non-hydrogen) atoms. The Balaban J connectivity index is 1.63. The maximum atomic E-state index is 12.5. The van der Waals surface area contributed by atoms with E-state index in [-0.39, 0.29) is 25.1 Å². The quantitative estimate of drug-likeness (QED) is 0.738. The van der Waals surface area contributed by atoms with E-state index in [9.17, 15) is 9.59 Å². The van der Waals surface area contributed by atoms with Crippen LogP contribution in [-0.2, 0) is 16.1 Å². The van der Waals surface area contributed by atoms with E-state index in [2.05, 4.69) is 20.9 Å². The summed E-state index contributed by atoms with van der Waals surface area (Å²) in [7, 11) is 0. The molecule has 0 unspecified atom stereocenters. The highest BCUT2D eigenvalue weighted by molar-refractivity contribution is 9.10. The van der Waals surface area contributed by atoms with Crippen LogP contribution in [0.15, 0.2) is 53.1 Å². The van der Waals surface area contributed by atoms with Gasteiger partial charge in [-0.1, -0.05) is 36.4 Å². The number of halogens is 1. The topological polar surface area (TPSA) is 62.7 Å². The second kappa shape index (κ2) is 7.65. The molecule has 2 amide bonds. The van der Waals surface area contributed by atoms with Gasteiger partial charge in [-0.15, -0.1) is 0 Å². The summed E-state index contributed by atoms with van der Waals surface area (Å²) in [5, 5.41) is 0. The van der Waals surface area contributed by atoms with Crippen LogP contribution in [0.3, 0.4) is 0 Å². The third kappa shape index (κ3) is 4.17. The molecule has 3 rings (SSSR count). The molecule has 1 fully saturated rings. The maximum Gasteiger partial charge on any atom is 0.410 e. The minimum absolute atomic E-state index is 0.0217. The van der Waals surface area contributed by atoms with Gasteiger partial charge >= 0.3 is 6.09 Å². The van der Waals surface area contributed by atoms with Crippen LogP contribution < -0.4 is 4.90 Å². The first kappa shape index (κ1) is 17.4. The number of carbonyl (C=O) groups is 2. The second-order valence-electron chi connectivity index (χ2n) is 5.85. The van der Waals surface area contributed by atoms with Gasteiger partial charge in [-0.25, -0.2) is 9.78 Å². The number of piperazine rings is 1. The summed E-state index contributed by atoms with van der Waals surface area (Å²) in [5.41, 5.74) is 0.909. The smallest absolute Gasteiger partial charge is 0.410 e. The Morgan fingerprint density at radius 1 is 1.24 bits per heavy atom. The molecule has 0 saturated carbocycles. The minimum Gasteiger partial charge on any atom is -0.445 e. The lowest BCUT2D eigenvalue weighted by molar-refractivity contribution is -0.121. The summed E-state index contributed by atoms with van der Waals surface area (Å²) in [6.07, 6.45) is -0.481. The van der Waals surface area contributed by atoms with E-state index in [0.717, 1.165) is 5.56 Å². The monoisotopic (exact) mass is 403 g/mol. The molecule has 2 heterocycles. The molecule has 1 aromatic heterocycles. The van der Waals surface area contributed by atoms with Crippen molar-refractivity contribution in [2.45, 2.75) is 19.6 Å². The number of pyridine rings is 1. The molecule has 7 heteroatoms. The molecule has 0 N–H and O–H groups in total. The van der Waals surface area contributed by atoms with Crippen molar-refractivity contribution in [2.75, 3.05) is 18.0 Å². The Morgan fingerprint density at radius 3 is 2.68 bits per heavy atom. The zero-order valence-electron chi connectivity index (χ0n) is 13.8. The van der Waals surface area contributed by atoms with E-state index in [0.29, 0.717) is 17.0 Å². The van der Waals surface area contributed by atoms with Crippen molar-refractivity contribution in [3.63, 3.8) is 0 Å². The summed E-state index contributed by atoms with van der Waals surface area (Å²) >= 11 is 3.31. The molecular weight excluding hydrogens is 386 g/mol. The van der Waals surface area contributed by atoms with Crippen molar-refractivity contribution in [2.24, 2.45) is 0 Å². The summed E-state index contributed by atoms with van der Waals surface area (Å²) in [5.74, 6) is 0.394. The third-order valence-electron chi connectivity index (χ3n) is 3.93. The highest BCUT2D eigenvalue weighted by atomic mass is 79.9. The highest BCUT2D eigenvalue weighted by Crippen LogP contribution is 2.21. The van der Waals surface area contributed by atoms with Gasteiger partial charge < -0.3 is 4.74 Å². The van der Waals surface area contributed by atoms with Crippen molar-refractivity contribution >= 4 is 33.7 Å². The largest absolute Gasteiger partial charge is 0.445 e. The zero-order chi connectivity index (χ0) is 17.8. The van der Waals surface area contributed by atoms with Gasteiger partial charge in [0.15, 0.2) is 0 Å². The van der Waals surface area contributed by atoms with Gasteiger partial charge in [-0.2, -0.15) is 0 Å². The maximum absolute atomic E-state index is 12.5. The van der Waals surface area contributed by atoms with Gasteiger partial charge in [0.25, 0.3) is 0 Å². The molecule has 2 aromatic rings. The van der Waals surface area contributed by atoms with E-state index in [4.69, 9.17) is 4.74 Å². The molecule has 0 aliphatic carbocycles. The van der Waals surface area contributed by atoms with Crippen molar-refractivity contribution < 1.29 is 14.3 Å². The number of anilines is 1. The van der Waals surface area contributed by atoms with Crippen LogP contribution in [0.4, 0.5) is 10.6 Å². The summed E-state index contributed by atoms with van der Waals surface area (Å²) in [4.78, 5) is 32.2. The van der Waals surface area contributed by atoms with E-state index in [1.165, 1.54) is 4.90 Å². The second-order valence-corrected chi connectivity index (χ2v) is 6.66. The fourth-order valence-electron chi connectivity index (χ4n) is 2.79. The Kier molecular flexibility index (Phi) is 5.33. The van der Waals surface area contributed by atoms with Gasteiger partial charge in [0.1, 0.15) is 23.6 Å². The summed E-state index contributed by atoms with van der Waals surface area (Å²) in [6, 6.07) is 14.7. The van der Waals surface area contributed by atoms with Crippen molar-refractivity contribution in [1.29, 1.82) is 0 Å². The lowest BCUT2D eigenvalue weighted by atomic mass is 10.2. The normalized spacial score (nSPS) is 17.5. The van der Waals surface area contributed by atoms with Gasteiger partial charge in [-0.3, -0.25) is 14.6 Å². The molecule has 0 spiro atoms. The summed E-state index contributed by atoms with van der Waals surface area (Å²) in [6.45, 7) is 2.45. The summed E-state index contributed by atoms with van der Waals surface area (Å²) < 4.78 is 5.98. The number of benzene rings is 1. The van der Waals surface area contributed by atoms with Gasteiger partial charge in [0.05, 0.1) is 6.04 Å². The first-order chi connectivity index (χ1) is 12.0. The minimum atomic E-state index is -0.481. The van der Waals surface area contributed by atoms with Gasteiger partial charge in [-0.05, 0) is 40.5 Å². The van der Waals surface area contributed by atoms with Crippen LogP contribution in [0.25, 0.3) is 0 Å². The number of amides is 2. The van der Waals surface area contributed by atoms with E-state index >= 15 is 0 Å². The van der Waals surface area contributed by atoms with Crippen LogP contribution >= 0.6 is 15.9 Å². The molecule has 1 aliphatic heterocycles. The van der Waals surface area contributed by atoms with Crippen LogP contribution in [0.5, 0.6) is 0 Å². The molecule has 0 radical (unpaired) electrons. The first-order valence-corrected chi connectivity index (χ1v) is 8.74. The number of aromatic nitrogens is 1.